The van der Waals surface area contributed by atoms with Crippen molar-refractivity contribution >= 4 is 5.91 Å². The predicted molar refractivity (Wildman–Crippen MR) is 96.2 cm³/mol. The van der Waals surface area contributed by atoms with E-state index in [-0.39, 0.29) is 5.91 Å². The van der Waals surface area contributed by atoms with Crippen molar-refractivity contribution < 1.29 is 9.53 Å². The molecule has 0 aliphatic rings. The zero-order chi connectivity index (χ0) is 17.5. The number of rotatable bonds is 6. The van der Waals surface area contributed by atoms with E-state index < -0.39 is 0 Å². The van der Waals surface area contributed by atoms with Crippen LogP contribution in [-0.4, -0.2) is 22.5 Å². The van der Waals surface area contributed by atoms with Crippen LogP contribution in [0.1, 0.15) is 22.8 Å². The largest absolute Gasteiger partial charge is 0.493 e. The Kier molecular flexibility index (Phi) is 5.36. The summed E-state index contributed by atoms with van der Waals surface area (Å²) in [5.74, 6) is 0.432. The number of hydrogen-bond donors (Lipinski definition) is 1. The monoisotopic (exact) mass is 333 g/mol. The van der Waals surface area contributed by atoms with Gasteiger partial charge < -0.3 is 10.1 Å². The zero-order valence-corrected chi connectivity index (χ0v) is 14.0. The van der Waals surface area contributed by atoms with E-state index in [1.807, 2.05) is 43.3 Å². The van der Waals surface area contributed by atoms with Gasteiger partial charge in [0.05, 0.1) is 17.9 Å². The fourth-order valence-electron chi connectivity index (χ4n) is 2.48. The number of para-hydroxylation sites is 1. The summed E-state index contributed by atoms with van der Waals surface area (Å²) in [5, 5.41) is 2.93. The Morgan fingerprint density at radius 1 is 1.08 bits per heavy atom. The van der Waals surface area contributed by atoms with E-state index in [0.29, 0.717) is 24.5 Å². The van der Waals surface area contributed by atoms with Gasteiger partial charge in [0.2, 0.25) is 0 Å². The van der Waals surface area contributed by atoms with Crippen LogP contribution in [0.3, 0.4) is 0 Å². The summed E-state index contributed by atoms with van der Waals surface area (Å²) in [6.07, 6.45) is 5.21. The summed E-state index contributed by atoms with van der Waals surface area (Å²) in [5.41, 5.74) is 3.35. The second-order valence-electron chi connectivity index (χ2n) is 5.40. The molecule has 1 amide bonds. The minimum Gasteiger partial charge on any atom is -0.493 e. The van der Waals surface area contributed by atoms with E-state index in [2.05, 4.69) is 15.3 Å². The lowest BCUT2D eigenvalue weighted by molar-refractivity contribution is 0.0947. The number of carbonyl (C=O) groups is 1. The first-order valence-electron chi connectivity index (χ1n) is 8.13. The van der Waals surface area contributed by atoms with Gasteiger partial charge >= 0.3 is 0 Å². The number of carbonyl (C=O) groups excluding carboxylic acids is 1. The molecular formula is C20H19N3O2. The van der Waals surface area contributed by atoms with Gasteiger partial charge in [0, 0.05) is 30.7 Å². The normalized spacial score (nSPS) is 10.3. The van der Waals surface area contributed by atoms with Gasteiger partial charge in [0.25, 0.3) is 5.91 Å². The van der Waals surface area contributed by atoms with Gasteiger partial charge in [-0.1, -0.05) is 12.1 Å². The quantitative estimate of drug-likeness (QED) is 0.750. The molecule has 1 N–H and O–H groups in total. The zero-order valence-electron chi connectivity index (χ0n) is 14.0. The van der Waals surface area contributed by atoms with Crippen molar-refractivity contribution in [3.8, 4) is 17.0 Å². The summed E-state index contributed by atoms with van der Waals surface area (Å²) in [6.45, 7) is 2.83. The minimum absolute atomic E-state index is 0.161. The maximum Gasteiger partial charge on any atom is 0.255 e. The summed E-state index contributed by atoms with van der Waals surface area (Å²) in [4.78, 5) is 20.8. The van der Waals surface area contributed by atoms with Crippen molar-refractivity contribution in [3.63, 3.8) is 0 Å². The molecule has 0 saturated carbocycles. The van der Waals surface area contributed by atoms with E-state index in [0.717, 1.165) is 16.8 Å². The highest BCUT2D eigenvalue weighted by molar-refractivity contribution is 5.96. The SMILES string of the molecule is CCOc1ccccc1C(=O)NCc1ccnc(-c2ccncc2)c1. The van der Waals surface area contributed by atoms with Crippen LogP contribution in [0.25, 0.3) is 11.3 Å². The number of hydrogen-bond acceptors (Lipinski definition) is 4. The van der Waals surface area contributed by atoms with Crippen molar-refractivity contribution in [3.05, 3.63) is 78.2 Å². The molecule has 3 aromatic rings. The first-order valence-corrected chi connectivity index (χ1v) is 8.13. The number of amides is 1. The van der Waals surface area contributed by atoms with Crippen LogP contribution in [-0.2, 0) is 6.54 Å². The molecule has 0 fully saturated rings. The third-order valence-corrected chi connectivity index (χ3v) is 3.69. The van der Waals surface area contributed by atoms with Crippen LogP contribution < -0.4 is 10.1 Å². The fourth-order valence-corrected chi connectivity index (χ4v) is 2.48. The number of pyridine rings is 2. The van der Waals surface area contributed by atoms with Crippen LogP contribution in [0.15, 0.2) is 67.1 Å². The molecule has 5 nitrogen and oxygen atoms in total. The lowest BCUT2D eigenvalue weighted by Gasteiger charge is -2.11. The third kappa shape index (κ3) is 4.20. The average molecular weight is 333 g/mol. The number of nitrogens with zero attached hydrogens (tertiary/aromatic N) is 2. The first kappa shape index (κ1) is 16.6. The number of benzene rings is 1. The number of aromatic nitrogens is 2. The second-order valence-corrected chi connectivity index (χ2v) is 5.40. The highest BCUT2D eigenvalue weighted by Gasteiger charge is 2.11. The third-order valence-electron chi connectivity index (χ3n) is 3.69. The Labute approximate surface area is 146 Å². The summed E-state index contributed by atoms with van der Waals surface area (Å²) < 4.78 is 5.51. The van der Waals surface area contributed by atoms with E-state index in [9.17, 15) is 4.79 Å². The van der Waals surface area contributed by atoms with Crippen molar-refractivity contribution in [1.82, 2.24) is 15.3 Å². The van der Waals surface area contributed by atoms with E-state index in [1.165, 1.54) is 0 Å². The molecular weight excluding hydrogens is 314 g/mol. The molecule has 25 heavy (non-hydrogen) atoms. The van der Waals surface area contributed by atoms with Crippen molar-refractivity contribution in [2.24, 2.45) is 0 Å². The summed E-state index contributed by atoms with van der Waals surface area (Å²) >= 11 is 0. The molecule has 0 aliphatic carbocycles. The molecule has 0 aliphatic heterocycles. The van der Waals surface area contributed by atoms with Crippen molar-refractivity contribution in [1.29, 1.82) is 0 Å². The van der Waals surface area contributed by atoms with E-state index >= 15 is 0 Å². The lowest BCUT2D eigenvalue weighted by Crippen LogP contribution is -2.23. The topological polar surface area (TPSA) is 64.1 Å². The van der Waals surface area contributed by atoms with Gasteiger partial charge in [-0.2, -0.15) is 0 Å². The maximum atomic E-state index is 12.5. The summed E-state index contributed by atoms with van der Waals surface area (Å²) in [7, 11) is 0. The fraction of sp³-hybridized carbons (Fsp3) is 0.150. The Hall–Kier alpha value is -3.21. The molecule has 5 heteroatoms. The summed E-state index contributed by atoms with van der Waals surface area (Å²) in [6, 6.07) is 14.9. The minimum atomic E-state index is -0.161. The molecule has 3 rings (SSSR count). The molecule has 0 saturated heterocycles. The molecule has 0 bridgehead atoms. The van der Waals surface area contributed by atoms with Gasteiger partial charge in [-0.05, 0) is 48.9 Å². The molecule has 2 heterocycles. The Morgan fingerprint density at radius 3 is 2.68 bits per heavy atom. The highest BCUT2D eigenvalue weighted by Crippen LogP contribution is 2.19. The molecule has 126 valence electrons. The smallest absolute Gasteiger partial charge is 0.255 e. The van der Waals surface area contributed by atoms with Gasteiger partial charge in [-0.25, -0.2) is 0 Å². The molecule has 2 aromatic heterocycles. The Balaban J connectivity index is 1.71. The van der Waals surface area contributed by atoms with Gasteiger partial charge in [-0.3, -0.25) is 14.8 Å². The average Bonchev–Trinajstić information content (AvgIpc) is 2.68. The molecule has 1 aromatic carbocycles. The van der Waals surface area contributed by atoms with Crippen LogP contribution >= 0.6 is 0 Å². The lowest BCUT2D eigenvalue weighted by atomic mass is 10.1. The molecule has 0 atom stereocenters. The van der Waals surface area contributed by atoms with Gasteiger partial charge in [-0.15, -0.1) is 0 Å². The van der Waals surface area contributed by atoms with Gasteiger partial charge in [0.1, 0.15) is 5.75 Å². The van der Waals surface area contributed by atoms with Crippen LogP contribution in [0.5, 0.6) is 5.75 Å². The standard InChI is InChI=1S/C20H19N3O2/c1-2-25-19-6-4-3-5-17(19)20(24)23-14-15-7-12-22-18(13-15)16-8-10-21-11-9-16/h3-13H,2,14H2,1H3,(H,23,24). The Morgan fingerprint density at radius 2 is 1.88 bits per heavy atom. The van der Waals surface area contributed by atoms with E-state index in [4.69, 9.17) is 4.74 Å². The molecule has 0 radical (unpaired) electrons. The highest BCUT2D eigenvalue weighted by atomic mass is 16.5. The Bertz CT molecular complexity index is 850. The van der Waals surface area contributed by atoms with Gasteiger partial charge in [0.15, 0.2) is 0 Å². The van der Waals surface area contributed by atoms with Crippen LogP contribution in [0, 0.1) is 0 Å². The van der Waals surface area contributed by atoms with Crippen molar-refractivity contribution in [2.75, 3.05) is 6.61 Å². The predicted octanol–water partition coefficient (Wildman–Crippen LogP) is 3.47. The molecule has 0 unspecified atom stereocenters. The second kappa shape index (κ2) is 8.06. The van der Waals surface area contributed by atoms with Crippen LogP contribution in [0.4, 0.5) is 0 Å². The molecule has 0 spiro atoms. The number of ether oxygens (including phenoxy) is 1. The number of nitrogens with one attached hydrogen (secondary N) is 1. The van der Waals surface area contributed by atoms with Crippen molar-refractivity contribution in [2.45, 2.75) is 13.5 Å². The van der Waals surface area contributed by atoms with E-state index in [1.54, 1.807) is 30.7 Å². The maximum absolute atomic E-state index is 12.5. The van der Waals surface area contributed by atoms with Crippen LogP contribution in [0.2, 0.25) is 0 Å². The first-order chi connectivity index (χ1) is 12.3.